The number of aryl methyl sites for hydroxylation is 1. The van der Waals surface area contributed by atoms with Gasteiger partial charge in [-0.05, 0) is 30.9 Å². The summed E-state index contributed by atoms with van der Waals surface area (Å²) < 4.78 is 0. The molecular formula is C12H12O. The van der Waals surface area contributed by atoms with Crippen LogP contribution in [0.5, 0.6) is 0 Å². The fourth-order valence-corrected chi connectivity index (χ4v) is 1.85. The van der Waals surface area contributed by atoms with Gasteiger partial charge >= 0.3 is 0 Å². The van der Waals surface area contributed by atoms with Crippen LogP contribution >= 0.6 is 0 Å². The molecule has 0 radical (unpaired) electrons. The molecule has 1 nitrogen and oxygen atoms in total. The molecule has 1 aromatic carbocycles. The molecule has 0 heterocycles. The van der Waals surface area contributed by atoms with Crippen LogP contribution in [0.2, 0.25) is 0 Å². The van der Waals surface area contributed by atoms with Crippen molar-refractivity contribution in [3.63, 3.8) is 0 Å². The van der Waals surface area contributed by atoms with Crippen molar-refractivity contribution in [1.29, 1.82) is 0 Å². The number of benzene rings is 1. The Morgan fingerprint density at radius 1 is 1.23 bits per heavy atom. The highest BCUT2D eigenvalue weighted by Gasteiger charge is 2.14. The van der Waals surface area contributed by atoms with Crippen LogP contribution in [0.1, 0.15) is 24.5 Å². The first-order chi connectivity index (χ1) is 6.33. The van der Waals surface area contributed by atoms with Gasteiger partial charge in [-0.25, -0.2) is 0 Å². The van der Waals surface area contributed by atoms with E-state index in [1.54, 1.807) is 0 Å². The third kappa shape index (κ3) is 1.31. The number of fused-ring (bicyclic) bond motifs is 1. The zero-order valence-corrected chi connectivity index (χ0v) is 7.71. The molecule has 2 rings (SSSR count). The predicted octanol–water partition coefficient (Wildman–Crippen LogP) is 2.61. The fraction of sp³-hybridized carbons (Fsp3) is 0.250. The average Bonchev–Trinajstić information content (AvgIpc) is 2.18. The van der Waals surface area contributed by atoms with Crippen molar-refractivity contribution in [3.05, 3.63) is 41.0 Å². The Bertz CT molecular complexity index is 374. The minimum atomic E-state index is 0.891. The fourth-order valence-electron chi connectivity index (χ4n) is 1.85. The monoisotopic (exact) mass is 172 g/mol. The Balaban J connectivity index is 2.61. The van der Waals surface area contributed by atoms with E-state index in [1.165, 1.54) is 11.1 Å². The Labute approximate surface area is 78.1 Å². The molecule has 0 amide bonds. The Hall–Kier alpha value is -1.37. The second kappa shape index (κ2) is 3.17. The van der Waals surface area contributed by atoms with Crippen molar-refractivity contribution >= 4 is 11.9 Å². The Kier molecular flexibility index (Phi) is 2.01. The molecule has 1 aromatic rings. The lowest BCUT2D eigenvalue weighted by molar-refractivity contribution is -0.103. The summed E-state index contributed by atoms with van der Waals surface area (Å²) >= 11 is 0. The van der Waals surface area contributed by atoms with Gasteiger partial charge in [0.1, 0.15) is 0 Å². The van der Waals surface area contributed by atoms with E-state index in [2.05, 4.69) is 6.07 Å². The van der Waals surface area contributed by atoms with Crippen LogP contribution in [0.15, 0.2) is 29.8 Å². The molecule has 13 heavy (non-hydrogen) atoms. The average molecular weight is 172 g/mol. The molecule has 1 heteroatoms. The predicted molar refractivity (Wildman–Crippen MR) is 53.4 cm³/mol. The van der Waals surface area contributed by atoms with Gasteiger partial charge in [0.05, 0.1) is 0 Å². The second-order valence-corrected chi connectivity index (χ2v) is 3.47. The van der Waals surface area contributed by atoms with Crippen molar-refractivity contribution in [3.8, 4) is 0 Å². The summed E-state index contributed by atoms with van der Waals surface area (Å²) in [5, 5.41) is 0. The molecule has 0 spiro atoms. The van der Waals surface area contributed by atoms with Gasteiger partial charge in [-0.15, -0.1) is 0 Å². The van der Waals surface area contributed by atoms with Crippen molar-refractivity contribution in [2.75, 3.05) is 0 Å². The first-order valence-electron chi connectivity index (χ1n) is 4.56. The zero-order chi connectivity index (χ0) is 9.26. The van der Waals surface area contributed by atoms with Crippen LogP contribution in [-0.4, -0.2) is 6.29 Å². The molecule has 0 atom stereocenters. The minimum absolute atomic E-state index is 0.891. The number of hydrogen-bond donors (Lipinski definition) is 0. The van der Waals surface area contributed by atoms with E-state index < -0.39 is 0 Å². The highest BCUT2D eigenvalue weighted by molar-refractivity contribution is 6.09. The van der Waals surface area contributed by atoms with Gasteiger partial charge in [0.2, 0.25) is 0 Å². The number of carbonyl (C=O) groups is 1. The first kappa shape index (κ1) is 8.24. The quantitative estimate of drug-likeness (QED) is 0.595. The van der Waals surface area contributed by atoms with Gasteiger partial charge in [0, 0.05) is 5.57 Å². The van der Waals surface area contributed by atoms with E-state index >= 15 is 0 Å². The molecule has 0 aliphatic heterocycles. The third-order valence-electron chi connectivity index (χ3n) is 2.65. The molecule has 0 saturated heterocycles. The number of allylic oxidation sites excluding steroid dienone is 2. The van der Waals surface area contributed by atoms with E-state index in [9.17, 15) is 4.79 Å². The molecule has 0 N–H and O–H groups in total. The summed E-state index contributed by atoms with van der Waals surface area (Å²) in [6, 6.07) is 8.15. The minimum Gasteiger partial charge on any atom is -0.298 e. The lowest BCUT2D eigenvalue weighted by atomic mass is 9.87. The summed E-state index contributed by atoms with van der Waals surface area (Å²) in [6.07, 6.45) is 3.07. The van der Waals surface area contributed by atoms with E-state index in [4.69, 9.17) is 0 Å². The summed E-state index contributed by atoms with van der Waals surface area (Å²) in [6.45, 7) is 2.04. The summed E-state index contributed by atoms with van der Waals surface area (Å²) in [5.41, 5.74) is 4.53. The van der Waals surface area contributed by atoms with Crippen LogP contribution in [0.4, 0.5) is 0 Å². The molecule has 0 saturated carbocycles. The summed E-state index contributed by atoms with van der Waals surface area (Å²) in [5.74, 6) is 0. The normalized spacial score (nSPS) is 15.5. The van der Waals surface area contributed by atoms with E-state index in [0.29, 0.717) is 0 Å². The third-order valence-corrected chi connectivity index (χ3v) is 2.65. The molecule has 1 aliphatic rings. The van der Waals surface area contributed by atoms with Crippen molar-refractivity contribution in [2.24, 2.45) is 0 Å². The van der Waals surface area contributed by atoms with Crippen LogP contribution in [0.3, 0.4) is 0 Å². The smallest absolute Gasteiger partial charge is 0.150 e. The maximum absolute atomic E-state index is 10.9. The van der Waals surface area contributed by atoms with Gasteiger partial charge < -0.3 is 0 Å². The standard InChI is InChI=1S/C12H12O/c1-9-6-7-10-4-2-3-5-11(10)12(9)8-13/h2-5,8H,6-7H2,1H3. The van der Waals surface area contributed by atoms with Crippen LogP contribution in [0, 0.1) is 0 Å². The Morgan fingerprint density at radius 3 is 2.77 bits per heavy atom. The molecule has 66 valence electrons. The first-order valence-corrected chi connectivity index (χ1v) is 4.56. The van der Waals surface area contributed by atoms with Crippen LogP contribution in [-0.2, 0) is 11.2 Å². The highest BCUT2D eigenvalue weighted by Crippen LogP contribution is 2.29. The van der Waals surface area contributed by atoms with Gasteiger partial charge in [0.25, 0.3) is 0 Å². The number of carbonyl (C=O) groups excluding carboxylic acids is 1. The lowest BCUT2D eigenvalue weighted by Gasteiger charge is -2.17. The van der Waals surface area contributed by atoms with Gasteiger partial charge in [-0.3, -0.25) is 4.79 Å². The van der Waals surface area contributed by atoms with E-state index in [0.717, 1.165) is 30.3 Å². The molecule has 0 fully saturated rings. The number of hydrogen-bond acceptors (Lipinski definition) is 1. The van der Waals surface area contributed by atoms with Crippen molar-refractivity contribution in [1.82, 2.24) is 0 Å². The van der Waals surface area contributed by atoms with E-state index in [-0.39, 0.29) is 0 Å². The van der Waals surface area contributed by atoms with Crippen molar-refractivity contribution in [2.45, 2.75) is 19.8 Å². The number of aldehydes is 1. The SMILES string of the molecule is CC1=C(C=O)c2ccccc2CC1. The number of rotatable bonds is 1. The largest absolute Gasteiger partial charge is 0.298 e. The maximum atomic E-state index is 10.9. The van der Waals surface area contributed by atoms with Gasteiger partial charge in [-0.2, -0.15) is 0 Å². The zero-order valence-electron chi connectivity index (χ0n) is 7.71. The molecule has 0 unspecified atom stereocenters. The van der Waals surface area contributed by atoms with Gasteiger partial charge in [0.15, 0.2) is 6.29 Å². The molecule has 0 aromatic heterocycles. The van der Waals surface area contributed by atoms with Crippen LogP contribution in [0.25, 0.3) is 5.57 Å². The molecule has 0 bridgehead atoms. The van der Waals surface area contributed by atoms with Crippen LogP contribution < -0.4 is 0 Å². The Morgan fingerprint density at radius 2 is 2.00 bits per heavy atom. The summed E-state index contributed by atoms with van der Waals surface area (Å²) in [7, 11) is 0. The molecular weight excluding hydrogens is 160 g/mol. The van der Waals surface area contributed by atoms with Crippen molar-refractivity contribution < 1.29 is 4.79 Å². The molecule has 1 aliphatic carbocycles. The lowest BCUT2D eigenvalue weighted by Crippen LogP contribution is -2.03. The summed E-state index contributed by atoms with van der Waals surface area (Å²) in [4.78, 5) is 10.9. The van der Waals surface area contributed by atoms with Gasteiger partial charge in [-0.1, -0.05) is 29.8 Å². The maximum Gasteiger partial charge on any atom is 0.150 e. The van der Waals surface area contributed by atoms with E-state index in [1.807, 2.05) is 25.1 Å². The topological polar surface area (TPSA) is 17.1 Å². The second-order valence-electron chi connectivity index (χ2n) is 3.47. The highest BCUT2D eigenvalue weighted by atomic mass is 16.1.